The highest BCUT2D eigenvalue weighted by Gasteiger charge is 2.39. The van der Waals surface area contributed by atoms with Crippen LogP contribution in [0.15, 0.2) is 18.2 Å². The van der Waals surface area contributed by atoms with E-state index in [0.29, 0.717) is 17.9 Å². The number of rotatable bonds is 5. The number of likely N-dealkylation sites (N-methyl/N-ethyl adjacent to an activating group) is 1. The molecule has 0 aliphatic heterocycles. The highest BCUT2D eigenvalue weighted by molar-refractivity contribution is 5.20. The molecule has 1 nitrogen and oxygen atoms in total. The van der Waals surface area contributed by atoms with Gasteiger partial charge in [-0.1, -0.05) is 27.2 Å². The van der Waals surface area contributed by atoms with Crippen molar-refractivity contribution in [3.63, 3.8) is 0 Å². The van der Waals surface area contributed by atoms with E-state index in [1.807, 2.05) is 0 Å². The summed E-state index contributed by atoms with van der Waals surface area (Å²) in [6.45, 7) is 7.50. The Morgan fingerprint density at radius 1 is 1.35 bits per heavy atom. The molecule has 0 spiro atoms. The third-order valence-corrected chi connectivity index (χ3v) is 4.74. The van der Waals surface area contributed by atoms with E-state index in [-0.39, 0.29) is 23.1 Å². The zero-order chi connectivity index (χ0) is 14.8. The van der Waals surface area contributed by atoms with E-state index in [2.05, 4.69) is 26.1 Å². The van der Waals surface area contributed by atoms with E-state index in [9.17, 15) is 8.78 Å². The van der Waals surface area contributed by atoms with Crippen LogP contribution in [0, 0.1) is 23.0 Å². The molecule has 1 aromatic carbocycles. The first-order valence-corrected chi connectivity index (χ1v) is 7.61. The van der Waals surface area contributed by atoms with Gasteiger partial charge in [0.2, 0.25) is 0 Å². The fourth-order valence-corrected chi connectivity index (χ4v) is 3.66. The largest absolute Gasteiger partial charge is 0.314 e. The predicted octanol–water partition coefficient (Wildman–Crippen LogP) is 4.31. The van der Waals surface area contributed by atoms with Crippen LogP contribution in [-0.4, -0.2) is 12.6 Å². The Balaban J connectivity index is 2.19. The minimum absolute atomic E-state index is 0.216. The molecule has 1 aromatic rings. The quantitative estimate of drug-likeness (QED) is 0.848. The fraction of sp³-hybridized carbons (Fsp3) is 0.647. The molecule has 1 aliphatic carbocycles. The summed E-state index contributed by atoms with van der Waals surface area (Å²) in [5, 5.41) is 3.49. The molecular formula is C17H25F2N. The maximum absolute atomic E-state index is 13.9. The van der Waals surface area contributed by atoms with Gasteiger partial charge in [-0.3, -0.25) is 0 Å². The number of nitrogens with one attached hydrogen (secondary N) is 1. The summed E-state index contributed by atoms with van der Waals surface area (Å²) in [5.41, 5.74) is 0.759. The van der Waals surface area contributed by atoms with E-state index < -0.39 is 0 Å². The second-order valence-corrected chi connectivity index (χ2v) is 6.59. The van der Waals surface area contributed by atoms with Gasteiger partial charge in [-0.05, 0) is 60.9 Å². The second-order valence-electron chi connectivity index (χ2n) is 6.59. The first-order valence-electron chi connectivity index (χ1n) is 7.61. The second kappa shape index (κ2) is 6.21. The van der Waals surface area contributed by atoms with Crippen LogP contribution in [0.2, 0.25) is 0 Å². The van der Waals surface area contributed by atoms with Crippen LogP contribution < -0.4 is 5.32 Å². The minimum atomic E-state index is -0.359. The van der Waals surface area contributed by atoms with Crippen molar-refractivity contribution in [1.29, 1.82) is 0 Å². The maximum Gasteiger partial charge on any atom is 0.126 e. The topological polar surface area (TPSA) is 12.0 Å². The third kappa shape index (κ3) is 3.38. The van der Waals surface area contributed by atoms with Crippen LogP contribution in [-0.2, 0) is 6.42 Å². The van der Waals surface area contributed by atoms with Gasteiger partial charge < -0.3 is 5.32 Å². The molecule has 1 saturated carbocycles. The Labute approximate surface area is 120 Å². The van der Waals surface area contributed by atoms with Gasteiger partial charge in [-0.25, -0.2) is 8.78 Å². The van der Waals surface area contributed by atoms with Crippen molar-refractivity contribution in [3.8, 4) is 0 Å². The van der Waals surface area contributed by atoms with Crippen molar-refractivity contribution in [1.82, 2.24) is 5.32 Å². The van der Waals surface area contributed by atoms with Crippen molar-refractivity contribution in [2.24, 2.45) is 11.3 Å². The van der Waals surface area contributed by atoms with Crippen LogP contribution in [0.1, 0.15) is 45.6 Å². The summed E-state index contributed by atoms with van der Waals surface area (Å²) < 4.78 is 27.2. The number of hydrogen-bond acceptors (Lipinski definition) is 1. The Morgan fingerprint density at radius 3 is 2.70 bits per heavy atom. The fourth-order valence-electron chi connectivity index (χ4n) is 3.66. The maximum atomic E-state index is 13.9. The van der Waals surface area contributed by atoms with Gasteiger partial charge in [-0.15, -0.1) is 0 Å². The van der Waals surface area contributed by atoms with Crippen LogP contribution in [0.5, 0.6) is 0 Å². The first kappa shape index (κ1) is 15.4. The molecule has 1 fully saturated rings. The van der Waals surface area contributed by atoms with Crippen LogP contribution in [0.3, 0.4) is 0 Å². The highest BCUT2D eigenvalue weighted by Crippen LogP contribution is 2.45. The Hall–Kier alpha value is -0.960. The average molecular weight is 281 g/mol. The SMILES string of the molecule is CCNC(Cc1cc(F)ccc1F)C1CCCC1(C)C. The lowest BCUT2D eigenvalue weighted by atomic mass is 9.76. The van der Waals surface area contributed by atoms with Crippen molar-refractivity contribution >= 4 is 0 Å². The monoisotopic (exact) mass is 281 g/mol. The molecule has 2 unspecified atom stereocenters. The molecule has 0 radical (unpaired) electrons. The van der Waals surface area contributed by atoms with Gasteiger partial charge in [0, 0.05) is 6.04 Å². The summed E-state index contributed by atoms with van der Waals surface area (Å²) in [6.07, 6.45) is 4.17. The minimum Gasteiger partial charge on any atom is -0.314 e. The van der Waals surface area contributed by atoms with Gasteiger partial charge in [0.15, 0.2) is 0 Å². The summed E-state index contributed by atoms with van der Waals surface area (Å²) in [6, 6.07) is 3.96. The highest BCUT2D eigenvalue weighted by atomic mass is 19.1. The van der Waals surface area contributed by atoms with Crippen LogP contribution in [0.25, 0.3) is 0 Å². The van der Waals surface area contributed by atoms with E-state index in [4.69, 9.17) is 0 Å². The molecule has 2 atom stereocenters. The Morgan fingerprint density at radius 2 is 2.10 bits per heavy atom. The molecule has 1 N–H and O–H groups in total. The molecule has 112 valence electrons. The van der Waals surface area contributed by atoms with E-state index >= 15 is 0 Å². The van der Waals surface area contributed by atoms with Crippen molar-refractivity contribution in [2.75, 3.05) is 6.54 Å². The smallest absolute Gasteiger partial charge is 0.126 e. The van der Waals surface area contributed by atoms with Crippen LogP contribution in [0.4, 0.5) is 8.78 Å². The first-order chi connectivity index (χ1) is 9.44. The number of benzene rings is 1. The molecule has 0 saturated heterocycles. The summed E-state index contributed by atoms with van der Waals surface area (Å²) >= 11 is 0. The Kier molecular flexibility index (Phi) is 4.79. The number of halogens is 2. The molecule has 0 aromatic heterocycles. The van der Waals surface area contributed by atoms with Gasteiger partial charge in [0.25, 0.3) is 0 Å². The molecule has 0 heterocycles. The van der Waals surface area contributed by atoms with Gasteiger partial charge in [-0.2, -0.15) is 0 Å². The molecule has 0 amide bonds. The zero-order valence-electron chi connectivity index (χ0n) is 12.7. The molecule has 20 heavy (non-hydrogen) atoms. The van der Waals surface area contributed by atoms with Crippen molar-refractivity contribution < 1.29 is 8.78 Å². The molecule has 0 bridgehead atoms. The Bertz CT molecular complexity index is 456. The third-order valence-electron chi connectivity index (χ3n) is 4.74. The summed E-state index contributed by atoms with van der Waals surface area (Å²) in [4.78, 5) is 0. The number of hydrogen-bond donors (Lipinski definition) is 1. The lowest BCUT2D eigenvalue weighted by Gasteiger charge is -2.35. The van der Waals surface area contributed by atoms with E-state index in [0.717, 1.165) is 6.54 Å². The predicted molar refractivity (Wildman–Crippen MR) is 78.6 cm³/mol. The van der Waals surface area contributed by atoms with Gasteiger partial charge >= 0.3 is 0 Å². The molecular weight excluding hydrogens is 256 g/mol. The van der Waals surface area contributed by atoms with E-state index in [1.165, 1.54) is 37.5 Å². The summed E-state index contributed by atoms with van der Waals surface area (Å²) in [5.74, 6) is -0.141. The van der Waals surface area contributed by atoms with Crippen LogP contribution >= 0.6 is 0 Å². The standard InChI is InChI=1S/C17H25F2N/c1-4-20-16(14-6-5-9-17(14,2)3)11-12-10-13(18)7-8-15(12)19/h7-8,10,14,16,20H,4-6,9,11H2,1-3H3. The molecule has 2 rings (SSSR count). The van der Waals surface area contributed by atoms with Gasteiger partial charge in [0.05, 0.1) is 0 Å². The zero-order valence-corrected chi connectivity index (χ0v) is 12.7. The molecule has 3 heteroatoms. The van der Waals surface area contributed by atoms with E-state index in [1.54, 1.807) is 0 Å². The normalized spacial score (nSPS) is 22.9. The van der Waals surface area contributed by atoms with Gasteiger partial charge in [0.1, 0.15) is 11.6 Å². The average Bonchev–Trinajstić information content (AvgIpc) is 2.73. The lowest BCUT2D eigenvalue weighted by Crippen LogP contribution is -2.42. The molecule has 1 aliphatic rings. The van der Waals surface area contributed by atoms with Crippen molar-refractivity contribution in [3.05, 3.63) is 35.4 Å². The lowest BCUT2D eigenvalue weighted by molar-refractivity contribution is 0.196. The van der Waals surface area contributed by atoms with Crippen molar-refractivity contribution in [2.45, 2.75) is 52.5 Å². The summed E-state index contributed by atoms with van der Waals surface area (Å²) in [7, 11) is 0.